The molecule has 9 aromatic carbocycles. The van der Waals surface area contributed by atoms with Crippen LogP contribution in [0.4, 0.5) is 0 Å². The zero-order valence-electron chi connectivity index (χ0n) is 36.6. The van der Waals surface area contributed by atoms with E-state index in [1.54, 1.807) is 18.2 Å². The molecular weight excluding hydrogens is 569 g/mol. The molecule has 1 heteroatoms. The van der Waals surface area contributed by atoms with Crippen LogP contribution in [0.25, 0.3) is 98.4 Å². The number of rotatable bonds is 3. The second kappa shape index (κ2) is 10.2. The van der Waals surface area contributed by atoms with Crippen LogP contribution in [0.2, 0.25) is 0 Å². The molecule has 1 nitrogen and oxygen atoms in total. The minimum atomic E-state index is -0.569. The molecule has 0 amide bonds. The fraction of sp³-hybridized carbons (Fsp3) is 0. The maximum absolute atomic E-state index is 9.42. The van der Waals surface area contributed by atoms with Crippen LogP contribution in [0, 0.1) is 0 Å². The highest BCUT2D eigenvalue weighted by Crippen LogP contribution is 2.48. The SMILES string of the molecule is [2H]c1c([2H])c([2H])c(-c2ccc3c(-c4cccc5oc6cc7ccccc7cc6c45)c4ccccc4c(-c4c([2H])c([2H])c([2H])c5c([2H])c([2H])c([2H])c([2H])c45)c3c2)c([2H])c1[2H]. The van der Waals surface area contributed by atoms with Crippen molar-refractivity contribution >= 4 is 65.0 Å². The lowest BCUT2D eigenvalue weighted by Crippen LogP contribution is -1.93. The summed E-state index contributed by atoms with van der Waals surface area (Å²) in [7, 11) is 0. The molecule has 0 aliphatic rings. The van der Waals surface area contributed by atoms with Crippen LogP contribution >= 0.6 is 0 Å². The molecule has 0 atom stereocenters. The second-order valence-electron chi connectivity index (χ2n) is 11.5. The van der Waals surface area contributed by atoms with Crippen LogP contribution < -0.4 is 0 Å². The van der Waals surface area contributed by atoms with Crippen molar-refractivity contribution < 1.29 is 20.9 Å². The summed E-state index contributed by atoms with van der Waals surface area (Å²) in [5.41, 5.74) is 3.47. The lowest BCUT2D eigenvalue weighted by Gasteiger charge is -2.20. The minimum Gasteiger partial charge on any atom is -0.456 e. The third-order valence-corrected chi connectivity index (χ3v) is 9.01. The Labute approximate surface area is 288 Å². The van der Waals surface area contributed by atoms with E-state index in [1.807, 2.05) is 72.8 Å². The predicted octanol–water partition coefficient (Wildman–Crippen LogP) is 13.2. The summed E-state index contributed by atoms with van der Waals surface area (Å²) in [4.78, 5) is 0. The molecule has 0 unspecified atom stereocenters. The van der Waals surface area contributed by atoms with Crippen molar-refractivity contribution in [3.63, 3.8) is 0 Å². The van der Waals surface area contributed by atoms with Crippen LogP contribution in [0.1, 0.15) is 16.4 Å². The Kier molecular flexibility index (Phi) is 3.66. The summed E-state index contributed by atoms with van der Waals surface area (Å²) in [5.74, 6) is 0. The molecule has 218 valence electrons. The van der Waals surface area contributed by atoms with Gasteiger partial charge in [-0.3, -0.25) is 0 Å². The molecule has 1 heterocycles. The third-order valence-electron chi connectivity index (χ3n) is 9.01. The molecule has 10 aromatic rings. The third kappa shape index (κ3) is 3.97. The highest BCUT2D eigenvalue weighted by atomic mass is 16.3. The zero-order valence-corrected chi connectivity index (χ0v) is 24.6. The van der Waals surface area contributed by atoms with E-state index in [4.69, 9.17) is 19.5 Å². The van der Waals surface area contributed by atoms with E-state index < -0.39 is 72.5 Å². The molecule has 0 spiro atoms. The van der Waals surface area contributed by atoms with Crippen molar-refractivity contribution in [2.75, 3.05) is 0 Å². The monoisotopic (exact) mass is 608 g/mol. The van der Waals surface area contributed by atoms with E-state index in [0.29, 0.717) is 38.3 Å². The highest BCUT2D eigenvalue weighted by Gasteiger charge is 2.21. The van der Waals surface area contributed by atoms with Gasteiger partial charge in [-0.05, 0) is 101 Å². The number of hydrogen-bond donors (Lipinski definition) is 0. The topological polar surface area (TPSA) is 13.1 Å². The van der Waals surface area contributed by atoms with Gasteiger partial charge in [0, 0.05) is 10.8 Å². The standard InChI is InChI=1S/C46H28O/c1-2-12-29(13-3-1)33-24-25-38-40(26-33)45(35-21-10-17-30-14-6-7-18-34(30)35)37-20-9-8-19-36(37)44(38)39-22-11-23-42-46(39)41-27-31-15-4-5-16-32(31)28-43(41)47-42/h1-28H/i1D,2D,3D,6D,7D,10D,12D,13D,14D,17D,18D,21D. The van der Waals surface area contributed by atoms with E-state index in [1.165, 1.54) is 0 Å². The average molecular weight is 609 g/mol. The Morgan fingerprint density at radius 1 is 0.383 bits per heavy atom. The Hall–Kier alpha value is -6.18. The Morgan fingerprint density at radius 2 is 1.09 bits per heavy atom. The largest absolute Gasteiger partial charge is 0.456 e. The first-order valence-corrected chi connectivity index (χ1v) is 15.2. The van der Waals surface area contributed by atoms with Crippen LogP contribution in [0.5, 0.6) is 0 Å². The molecule has 0 radical (unpaired) electrons. The van der Waals surface area contributed by atoms with Crippen LogP contribution in [0.15, 0.2) is 174 Å². The van der Waals surface area contributed by atoms with Crippen molar-refractivity contribution in [2.45, 2.75) is 0 Å². The first-order chi connectivity index (χ1) is 28.3. The van der Waals surface area contributed by atoms with Crippen molar-refractivity contribution in [1.82, 2.24) is 0 Å². The summed E-state index contributed by atoms with van der Waals surface area (Å²) < 4.78 is 112. The number of fused-ring (bicyclic) bond motifs is 7. The first-order valence-electron chi connectivity index (χ1n) is 21.2. The smallest absolute Gasteiger partial charge is 0.136 e. The predicted molar refractivity (Wildman–Crippen MR) is 200 cm³/mol. The van der Waals surface area contributed by atoms with Gasteiger partial charge in [0.1, 0.15) is 11.2 Å². The molecule has 0 N–H and O–H groups in total. The van der Waals surface area contributed by atoms with Crippen LogP contribution in [0.3, 0.4) is 0 Å². The van der Waals surface area contributed by atoms with Crippen LogP contribution in [-0.2, 0) is 0 Å². The van der Waals surface area contributed by atoms with Gasteiger partial charge in [0.15, 0.2) is 0 Å². The Balaban J connectivity index is 1.45. The van der Waals surface area contributed by atoms with Gasteiger partial charge < -0.3 is 4.42 Å². The average Bonchev–Trinajstić information content (AvgIpc) is 3.61. The Morgan fingerprint density at radius 3 is 1.94 bits per heavy atom. The van der Waals surface area contributed by atoms with E-state index in [-0.39, 0.29) is 27.5 Å². The van der Waals surface area contributed by atoms with E-state index in [9.17, 15) is 1.37 Å². The van der Waals surface area contributed by atoms with E-state index in [2.05, 4.69) is 6.07 Å². The molecule has 0 aliphatic heterocycles. The molecule has 0 saturated carbocycles. The van der Waals surface area contributed by atoms with Gasteiger partial charge in [0.2, 0.25) is 0 Å². The molecule has 0 fully saturated rings. The molecule has 0 aliphatic carbocycles. The summed E-state index contributed by atoms with van der Waals surface area (Å²) in [5, 5.41) is 5.79. The fourth-order valence-electron chi connectivity index (χ4n) is 7.01. The van der Waals surface area contributed by atoms with Gasteiger partial charge in [-0.15, -0.1) is 0 Å². The lowest BCUT2D eigenvalue weighted by atomic mass is 9.83. The molecule has 47 heavy (non-hydrogen) atoms. The second-order valence-corrected chi connectivity index (χ2v) is 11.5. The normalized spacial score (nSPS) is 15.4. The maximum Gasteiger partial charge on any atom is 0.136 e. The van der Waals surface area contributed by atoms with Crippen molar-refractivity contribution in [2.24, 2.45) is 0 Å². The minimum absolute atomic E-state index is 0.0115. The first kappa shape index (κ1) is 16.9. The molecular formula is C46H28O. The van der Waals surface area contributed by atoms with Crippen molar-refractivity contribution in [3.8, 4) is 33.4 Å². The van der Waals surface area contributed by atoms with Crippen LogP contribution in [-0.4, -0.2) is 0 Å². The van der Waals surface area contributed by atoms with Gasteiger partial charge in [-0.1, -0.05) is 145 Å². The molecule has 0 saturated heterocycles. The number of benzene rings is 9. The fourth-order valence-corrected chi connectivity index (χ4v) is 7.01. The molecule has 0 bridgehead atoms. The summed E-state index contributed by atoms with van der Waals surface area (Å²) in [6.07, 6.45) is 0. The van der Waals surface area contributed by atoms with Gasteiger partial charge >= 0.3 is 0 Å². The summed E-state index contributed by atoms with van der Waals surface area (Å²) in [6, 6.07) is 24.6. The molecule has 1 aromatic heterocycles. The van der Waals surface area contributed by atoms with Gasteiger partial charge in [0.25, 0.3) is 0 Å². The Bertz CT molecular complexity index is 3500. The number of hydrogen-bond acceptors (Lipinski definition) is 1. The van der Waals surface area contributed by atoms with E-state index in [0.717, 1.165) is 32.7 Å². The lowest BCUT2D eigenvalue weighted by molar-refractivity contribution is 0.669. The van der Waals surface area contributed by atoms with E-state index >= 15 is 0 Å². The van der Waals surface area contributed by atoms with Gasteiger partial charge in [-0.25, -0.2) is 0 Å². The highest BCUT2D eigenvalue weighted by molar-refractivity contribution is 6.27. The van der Waals surface area contributed by atoms with Gasteiger partial charge in [0.05, 0.1) is 16.4 Å². The quantitative estimate of drug-likeness (QED) is 0.182. The molecule has 10 rings (SSSR count). The number of furan rings is 1. The van der Waals surface area contributed by atoms with Gasteiger partial charge in [-0.2, -0.15) is 0 Å². The zero-order chi connectivity index (χ0) is 41.3. The maximum atomic E-state index is 9.42. The summed E-state index contributed by atoms with van der Waals surface area (Å²) in [6.45, 7) is 0. The van der Waals surface area contributed by atoms with Crippen molar-refractivity contribution in [1.29, 1.82) is 0 Å². The van der Waals surface area contributed by atoms with Crippen molar-refractivity contribution in [3.05, 3.63) is 170 Å². The summed E-state index contributed by atoms with van der Waals surface area (Å²) >= 11 is 0.